The van der Waals surface area contributed by atoms with Crippen molar-refractivity contribution in [2.75, 3.05) is 25.9 Å². The topological polar surface area (TPSA) is 29.3 Å². The van der Waals surface area contributed by atoms with E-state index < -0.39 is 0 Å². The van der Waals surface area contributed by atoms with Crippen molar-refractivity contribution >= 4 is 23.7 Å². The monoisotopic (exact) mass is 236 g/mol. The Morgan fingerprint density at radius 1 is 1.38 bits per heavy atom. The number of fused-ring (bicyclic) bond motifs is 1. The number of nitrogens with zero attached hydrogens (tertiary/aromatic N) is 2. The van der Waals surface area contributed by atoms with Gasteiger partial charge in [-0.3, -0.25) is 0 Å². The predicted molar refractivity (Wildman–Crippen MR) is 69.1 cm³/mol. The van der Waals surface area contributed by atoms with E-state index in [4.69, 9.17) is 4.42 Å². The number of aromatic nitrogens is 1. The minimum Gasteiger partial charge on any atom is -0.443 e. The van der Waals surface area contributed by atoms with Gasteiger partial charge < -0.3 is 9.32 Å². The van der Waals surface area contributed by atoms with Crippen molar-refractivity contribution in [3.8, 4) is 0 Å². The van der Waals surface area contributed by atoms with Gasteiger partial charge in [-0.2, -0.15) is 12.6 Å². The molecule has 0 saturated carbocycles. The molecule has 0 atom stereocenters. The first kappa shape index (κ1) is 11.5. The van der Waals surface area contributed by atoms with Crippen LogP contribution in [0.3, 0.4) is 0 Å². The first-order chi connectivity index (χ1) is 7.79. The average Bonchev–Trinajstić information content (AvgIpc) is 2.74. The molecule has 0 spiro atoms. The van der Waals surface area contributed by atoms with Crippen LogP contribution in [0.25, 0.3) is 11.1 Å². The zero-order chi connectivity index (χ0) is 11.4. The molecule has 3 nitrogen and oxygen atoms in total. The number of oxazole rings is 1. The highest BCUT2D eigenvalue weighted by Crippen LogP contribution is 2.14. The Kier molecular flexibility index (Phi) is 3.85. The van der Waals surface area contributed by atoms with E-state index in [1.807, 2.05) is 6.07 Å². The van der Waals surface area contributed by atoms with Gasteiger partial charge in [-0.05, 0) is 31.2 Å². The minimum absolute atomic E-state index is 0.870. The molecule has 0 aliphatic carbocycles. The summed E-state index contributed by atoms with van der Waals surface area (Å²) in [5, 5.41) is 0. The number of hydrogen-bond acceptors (Lipinski definition) is 4. The van der Waals surface area contributed by atoms with E-state index in [-0.39, 0.29) is 0 Å². The van der Waals surface area contributed by atoms with Gasteiger partial charge in [0.1, 0.15) is 5.52 Å². The summed E-state index contributed by atoms with van der Waals surface area (Å²) in [7, 11) is 2.11. The van der Waals surface area contributed by atoms with E-state index in [0.717, 1.165) is 36.4 Å². The standard InChI is InChI=1S/C12H16N2OS/c1-14(6-7-16)5-4-10-2-3-11-12(8-10)15-9-13-11/h2-3,8-9,16H,4-7H2,1H3. The fourth-order valence-electron chi connectivity index (χ4n) is 1.66. The fourth-order valence-corrected chi connectivity index (χ4v) is 2.00. The first-order valence-corrected chi connectivity index (χ1v) is 6.04. The molecule has 86 valence electrons. The Bertz CT molecular complexity index is 455. The summed E-state index contributed by atoms with van der Waals surface area (Å²) in [5.41, 5.74) is 3.08. The van der Waals surface area contributed by atoms with Gasteiger partial charge in [0.05, 0.1) is 0 Å². The lowest BCUT2D eigenvalue weighted by Crippen LogP contribution is -2.23. The highest BCUT2D eigenvalue weighted by atomic mass is 32.1. The third kappa shape index (κ3) is 2.77. The number of benzene rings is 1. The van der Waals surface area contributed by atoms with Crippen LogP contribution in [-0.4, -0.2) is 35.8 Å². The molecule has 2 aromatic rings. The highest BCUT2D eigenvalue weighted by Gasteiger charge is 2.02. The molecule has 0 aliphatic rings. The Labute approximate surface area is 101 Å². The van der Waals surface area contributed by atoms with Crippen LogP contribution in [0.5, 0.6) is 0 Å². The lowest BCUT2D eigenvalue weighted by molar-refractivity contribution is 0.361. The second-order valence-electron chi connectivity index (χ2n) is 3.93. The maximum Gasteiger partial charge on any atom is 0.181 e. The van der Waals surface area contributed by atoms with Crippen LogP contribution in [0.2, 0.25) is 0 Å². The van der Waals surface area contributed by atoms with Crippen LogP contribution >= 0.6 is 12.6 Å². The van der Waals surface area contributed by atoms with Crippen LogP contribution in [0.15, 0.2) is 29.0 Å². The van der Waals surface area contributed by atoms with E-state index in [9.17, 15) is 0 Å². The molecule has 1 aromatic carbocycles. The Balaban J connectivity index is 1.98. The van der Waals surface area contributed by atoms with Crippen molar-refractivity contribution in [3.05, 3.63) is 30.2 Å². The lowest BCUT2D eigenvalue weighted by atomic mass is 10.1. The molecular formula is C12H16N2OS. The smallest absolute Gasteiger partial charge is 0.181 e. The van der Waals surface area contributed by atoms with Crippen LogP contribution in [0.1, 0.15) is 5.56 Å². The predicted octanol–water partition coefficient (Wildman–Crippen LogP) is 2.23. The van der Waals surface area contributed by atoms with Gasteiger partial charge in [0, 0.05) is 18.8 Å². The van der Waals surface area contributed by atoms with Crippen molar-refractivity contribution in [1.29, 1.82) is 0 Å². The molecule has 0 saturated heterocycles. The van der Waals surface area contributed by atoms with E-state index in [1.54, 1.807) is 0 Å². The third-order valence-corrected chi connectivity index (χ3v) is 2.86. The molecule has 0 radical (unpaired) electrons. The molecular weight excluding hydrogens is 220 g/mol. The number of rotatable bonds is 5. The highest BCUT2D eigenvalue weighted by molar-refractivity contribution is 7.80. The van der Waals surface area contributed by atoms with Gasteiger partial charge >= 0.3 is 0 Å². The first-order valence-electron chi connectivity index (χ1n) is 5.41. The largest absolute Gasteiger partial charge is 0.443 e. The molecule has 1 heterocycles. The molecule has 0 N–H and O–H groups in total. The summed E-state index contributed by atoms with van der Waals surface area (Å²) < 4.78 is 5.28. The Hall–Kier alpha value is -1.00. The number of likely N-dealkylation sites (N-methyl/N-ethyl adjacent to an activating group) is 1. The lowest BCUT2D eigenvalue weighted by Gasteiger charge is -2.14. The maximum atomic E-state index is 5.28. The summed E-state index contributed by atoms with van der Waals surface area (Å²) in [6.07, 6.45) is 2.52. The van der Waals surface area contributed by atoms with Gasteiger partial charge in [0.2, 0.25) is 0 Å². The van der Waals surface area contributed by atoms with Crippen LogP contribution < -0.4 is 0 Å². The van der Waals surface area contributed by atoms with Crippen molar-refractivity contribution in [3.63, 3.8) is 0 Å². The molecule has 1 aromatic heterocycles. The fraction of sp³-hybridized carbons (Fsp3) is 0.417. The van der Waals surface area contributed by atoms with E-state index in [1.165, 1.54) is 12.0 Å². The molecule has 0 amide bonds. The molecule has 4 heteroatoms. The van der Waals surface area contributed by atoms with E-state index in [0.29, 0.717) is 0 Å². The van der Waals surface area contributed by atoms with Gasteiger partial charge in [0.15, 0.2) is 12.0 Å². The third-order valence-electron chi connectivity index (χ3n) is 2.66. The molecule has 0 bridgehead atoms. The number of thiol groups is 1. The normalized spacial score (nSPS) is 11.4. The molecule has 0 fully saturated rings. The molecule has 16 heavy (non-hydrogen) atoms. The zero-order valence-corrected chi connectivity index (χ0v) is 10.3. The van der Waals surface area contributed by atoms with Crippen LogP contribution in [0.4, 0.5) is 0 Å². The SMILES string of the molecule is CN(CCS)CCc1ccc2ncoc2c1. The minimum atomic E-state index is 0.870. The van der Waals surface area contributed by atoms with Crippen molar-refractivity contribution in [1.82, 2.24) is 9.88 Å². The Morgan fingerprint density at radius 2 is 2.25 bits per heavy atom. The molecule has 0 aliphatic heterocycles. The van der Waals surface area contributed by atoms with E-state index >= 15 is 0 Å². The van der Waals surface area contributed by atoms with Crippen LogP contribution in [0, 0.1) is 0 Å². The van der Waals surface area contributed by atoms with Gasteiger partial charge in [-0.25, -0.2) is 4.98 Å². The van der Waals surface area contributed by atoms with Crippen LogP contribution in [-0.2, 0) is 6.42 Å². The average molecular weight is 236 g/mol. The maximum absolute atomic E-state index is 5.28. The Morgan fingerprint density at radius 3 is 3.06 bits per heavy atom. The zero-order valence-electron chi connectivity index (χ0n) is 9.39. The second kappa shape index (κ2) is 5.37. The van der Waals surface area contributed by atoms with Crippen molar-refractivity contribution in [2.24, 2.45) is 0 Å². The second-order valence-corrected chi connectivity index (χ2v) is 4.38. The summed E-state index contributed by atoms with van der Waals surface area (Å²) in [5.74, 6) is 0.900. The van der Waals surface area contributed by atoms with Gasteiger partial charge in [0.25, 0.3) is 0 Å². The quantitative estimate of drug-likeness (QED) is 0.807. The molecule has 2 rings (SSSR count). The van der Waals surface area contributed by atoms with E-state index in [2.05, 4.69) is 41.7 Å². The van der Waals surface area contributed by atoms with Gasteiger partial charge in [-0.15, -0.1) is 0 Å². The van der Waals surface area contributed by atoms with Crippen molar-refractivity contribution < 1.29 is 4.42 Å². The van der Waals surface area contributed by atoms with Gasteiger partial charge in [-0.1, -0.05) is 6.07 Å². The summed E-state index contributed by atoms with van der Waals surface area (Å²) in [4.78, 5) is 6.37. The summed E-state index contributed by atoms with van der Waals surface area (Å²) >= 11 is 4.22. The van der Waals surface area contributed by atoms with Crippen molar-refractivity contribution in [2.45, 2.75) is 6.42 Å². The number of hydrogen-bond donors (Lipinski definition) is 1. The summed E-state index contributed by atoms with van der Waals surface area (Å²) in [6.45, 7) is 2.06. The summed E-state index contributed by atoms with van der Waals surface area (Å²) in [6, 6.07) is 6.18. The molecule has 0 unspecified atom stereocenters.